The Morgan fingerprint density at radius 3 is 2.67 bits per heavy atom. The molecule has 0 radical (unpaired) electrons. The van der Waals surface area contributed by atoms with Crippen LogP contribution in [-0.4, -0.2) is 48.1 Å². The summed E-state index contributed by atoms with van der Waals surface area (Å²) in [5, 5.41) is 7.14. The SMILES string of the molecule is CC.CCOC(=O)CCNC(=O)CCCCc1ccc2c(n1)NCCO2.c1ccc2ncccc2c1. The van der Waals surface area contributed by atoms with E-state index in [1.165, 1.54) is 5.39 Å². The van der Waals surface area contributed by atoms with Gasteiger partial charge in [0.25, 0.3) is 0 Å². The van der Waals surface area contributed by atoms with Crippen LogP contribution in [0.15, 0.2) is 54.7 Å². The Hall–Kier alpha value is -3.68. The van der Waals surface area contributed by atoms with Crippen LogP contribution in [0.3, 0.4) is 0 Å². The Morgan fingerprint density at radius 2 is 1.86 bits per heavy atom. The minimum Gasteiger partial charge on any atom is -0.488 e. The van der Waals surface area contributed by atoms with Crippen LogP contribution in [0, 0.1) is 0 Å². The number of para-hydroxylation sites is 1. The van der Waals surface area contributed by atoms with Crippen molar-refractivity contribution in [1.82, 2.24) is 15.3 Å². The Balaban J connectivity index is 0.000000313. The Kier molecular flexibility index (Phi) is 13.4. The van der Waals surface area contributed by atoms with Crippen molar-refractivity contribution in [1.29, 1.82) is 0 Å². The molecule has 8 nitrogen and oxygen atoms in total. The van der Waals surface area contributed by atoms with Crippen molar-refractivity contribution in [3.8, 4) is 5.75 Å². The van der Waals surface area contributed by atoms with Gasteiger partial charge in [0.2, 0.25) is 5.91 Å². The van der Waals surface area contributed by atoms with Gasteiger partial charge in [-0.3, -0.25) is 14.6 Å². The number of carbonyl (C=O) groups excluding carboxylic acids is 2. The number of unbranched alkanes of at least 4 members (excludes halogenated alkanes) is 1. The molecule has 0 bridgehead atoms. The highest BCUT2D eigenvalue weighted by atomic mass is 16.5. The number of nitrogens with one attached hydrogen (secondary N) is 2. The summed E-state index contributed by atoms with van der Waals surface area (Å²) >= 11 is 0. The maximum absolute atomic E-state index is 11.7. The largest absolute Gasteiger partial charge is 0.488 e. The first-order valence-corrected chi connectivity index (χ1v) is 12.7. The second kappa shape index (κ2) is 16.9. The first-order chi connectivity index (χ1) is 17.7. The first-order valence-electron chi connectivity index (χ1n) is 12.7. The maximum atomic E-state index is 11.7. The number of aromatic nitrogens is 2. The molecule has 0 fully saturated rings. The fourth-order valence-corrected chi connectivity index (χ4v) is 3.43. The average molecular weight is 495 g/mol. The van der Waals surface area contributed by atoms with Crippen LogP contribution in [0.25, 0.3) is 10.9 Å². The van der Waals surface area contributed by atoms with Crippen LogP contribution >= 0.6 is 0 Å². The van der Waals surface area contributed by atoms with Crippen molar-refractivity contribution in [2.45, 2.75) is 52.9 Å². The third kappa shape index (κ3) is 10.3. The predicted molar refractivity (Wildman–Crippen MR) is 143 cm³/mol. The standard InChI is InChI=1S/C17H25N3O4.C9H7N.C2H6/c1-2-23-16(22)9-10-18-15(21)6-4-3-5-13-7-8-14-17(20-13)19-11-12-24-14;1-2-6-9-8(4-1)5-3-7-10-9;1-2/h7-8H,2-6,9-12H2,1H3,(H,18,21)(H,19,20);1-7H;1-2H3. The van der Waals surface area contributed by atoms with E-state index >= 15 is 0 Å². The monoisotopic (exact) mass is 494 g/mol. The van der Waals surface area contributed by atoms with Crippen molar-refractivity contribution in [2.75, 3.05) is 31.6 Å². The van der Waals surface area contributed by atoms with Gasteiger partial charge in [-0.05, 0) is 50.5 Å². The lowest BCUT2D eigenvalue weighted by atomic mass is 10.1. The summed E-state index contributed by atoms with van der Waals surface area (Å²) in [6, 6.07) is 16.0. The van der Waals surface area contributed by atoms with E-state index in [2.05, 4.69) is 32.7 Å². The summed E-state index contributed by atoms with van der Waals surface area (Å²) < 4.78 is 10.3. The van der Waals surface area contributed by atoms with E-state index in [-0.39, 0.29) is 18.3 Å². The minimum absolute atomic E-state index is 0.0345. The molecule has 0 unspecified atom stereocenters. The van der Waals surface area contributed by atoms with E-state index in [0.717, 1.165) is 48.6 Å². The van der Waals surface area contributed by atoms with Crippen LogP contribution in [0.4, 0.5) is 5.82 Å². The molecule has 3 heterocycles. The summed E-state index contributed by atoms with van der Waals surface area (Å²) in [6.45, 7) is 7.90. The molecular formula is C28H38N4O4. The van der Waals surface area contributed by atoms with Gasteiger partial charge in [-0.1, -0.05) is 38.1 Å². The topological polar surface area (TPSA) is 102 Å². The second-order valence-corrected chi connectivity index (χ2v) is 7.73. The number of pyridine rings is 2. The van der Waals surface area contributed by atoms with Crippen molar-refractivity contribution in [3.63, 3.8) is 0 Å². The molecule has 4 rings (SSSR count). The zero-order valence-electron chi connectivity index (χ0n) is 21.6. The van der Waals surface area contributed by atoms with Crippen LogP contribution < -0.4 is 15.4 Å². The van der Waals surface area contributed by atoms with Crippen molar-refractivity contribution >= 4 is 28.6 Å². The number of carbonyl (C=O) groups is 2. The van der Waals surface area contributed by atoms with Crippen LogP contribution in [0.1, 0.15) is 52.1 Å². The second-order valence-electron chi connectivity index (χ2n) is 7.73. The van der Waals surface area contributed by atoms with Gasteiger partial charge < -0.3 is 20.1 Å². The maximum Gasteiger partial charge on any atom is 0.307 e. The number of amides is 1. The van der Waals surface area contributed by atoms with Gasteiger partial charge in [0, 0.05) is 30.2 Å². The van der Waals surface area contributed by atoms with E-state index in [4.69, 9.17) is 9.47 Å². The number of rotatable bonds is 9. The highest BCUT2D eigenvalue weighted by Crippen LogP contribution is 2.25. The summed E-state index contributed by atoms with van der Waals surface area (Å²) in [5.74, 6) is 1.28. The Labute approximate surface area is 213 Å². The molecule has 1 aliphatic rings. The van der Waals surface area contributed by atoms with Gasteiger partial charge >= 0.3 is 5.97 Å². The number of anilines is 1. The highest BCUT2D eigenvalue weighted by Gasteiger charge is 2.11. The quantitative estimate of drug-likeness (QED) is 0.321. The predicted octanol–water partition coefficient (Wildman–Crippen LogP) is 4.93. The van der Waals surface area contributed by atoms with E-state index in [1.807, 2.05) is 56.4 Å². The molecule has 0 spiro atoms. The highest BCUT2D eigenvalue weighted by molar-refractivity contribution is 5.78. The van der Waals surface area contributed by atoms with E-state index in [9.17, 15) is 9.59 Å². The van der Waals surface area contributed by atoms with Gasteiger partial charge in [0.1, 0.15) is 6.61 Å². The summed E-state index contributed by atoms with van der Waals surface area (Å²) in [7, 11) is 0. The molecular weight excluding hydrogens is 456 g/mol. The molecule has 0 saturated carbocycles. The zero-order chi connectivity index (χ0) is 26.0. The summed E-state index contributed by atoms with van der Waals surface area (Å²) in [6.07, 6.45) is 4.97. The molecule has 0 saturated heterocycles. The summed E-state index contributed by atoms with van der Waals surface area (Å²) in [4.78, 5) is 31.5. The molecule has 2 N–H and O–H groups in total. The average Bonchev–Trinajstić information content (AvgIpc) is 2.93. The van der Waals surface area contributed by atoms with Crippen LogP contribution in [-0.2, 0) is 20.7 Å². The van der Waals surface area contributed by atoms with Gasteiger partial charge in [-0.25, -0.2) is 4.98 Å². The zero-order valence-corrected chi connectivity index (χ0v) is 21.6. The fraction of sp³-hybridized carbons (Fsp3) is 0.429. The van der Waals surface area contributed by atoms with Gasteiger partial charge in [0.15, 0.2) is 11.6 Å². The van der Waals surface area contributed by atoms with Crippen molar-refractivity contribution < 1.29 is 19.1 Å². The van der Waals surface area contributed by atoms with Gasteiger partial charge in [-0.2, -0.15) is 0 Å². The molecule has 8 heteroatoms. The van der Waals surface area contributed by atoms with Crippen molar-refractivity contribution in [3.05, 3.63) is 60.4 Å². The number of fused-ring (bicyclic) bond motifs is 2. The number of hydrogen-bond acceptors (Lipinski definition) is 7. The van der Waals surface area contributed by atoms with E-state index < -0.39 is 0 Å². The Bertz CT molecular complexity index is 1010. The molecule has 2 aromatic heterocycles. The molecule has 194 valence electrons. The molecule has 1 amide bonds. The smallest absolute Gasteiger partial charge is 0.307 e. The minimum atomic E-state index is -0.283. The number of aryl methyl sites for hydroxylation is 1. The lowest BCUT2D eigenvalue weighted by molar-refractivity contribution is -0.143. The van der Waals surface area contributed by atoms with Crippen molar-refractivity contribution in [2.24, 2.45) is 0 Å². The molecule has 0 aliphatic carbocycles. The lowest BCUT2D eigenvalue weighted by Gasteiger charge is -2.18. The van der Waals surface area contributed by atoms with Crippen LogP contribution in [0.2, 0.25) is 0 Å². The molecule has 1 aromatic carbocycles. The molecule has 1 aliphatic heterocycles. The molecule has 3 aromatic rings. The number of esters is 1. The van der Waals surface area contributed by atoms with Gasteiger partial charge in [-0.15, -0.1) is 0 Å². The Morgan fingerprint density at radius 1 is 1.06 bits per heavy atom. The number of benzene rings is 1. The lowest BCUT2D eigenvalue weighted by Crippen LogP contribution is -2.26. The van der Waals surface area contributed by atoms with E-state index in [1.54, 1.807) is 6.92 Å². The normalized spacial score (nSPS) is 11.3. The molecule has 36 heavy (non-hydrogen) atoms. The number of hydrogen-bond donors (Lipinski definition) is 2. The molecule has 0 atom stereocenters. The summed E-state index contributed by atoms with van der Waals surface area (Å²) in [5.41, 5.74) is 2.06. The van der Waals surface area contributed by atoms with E-state index in [0.29, 0.717) is 26.2 Å². The number of ether oxygens (including phenoxy) is 2. The third-order valence-corrected chi connectivity index (χ3v) is 5.12. The fourth-order valence-electron chi connectivity index (χ4n) is 3.43. The first kappa shape index (κ1) is 28.6. The van der Waals surface area contributed by atoms with Crippen LogP contribution in [0.5, 0.6) is 5.75 Å². The van der Waals surface area contributed by atoms with Gasteiger partial charge in [0.05, 0.1) is 25.1 Å². The number of nitrogens with zero attached hydrogens (tertiary/aromatic N) is 2. The third-order valence-electron chi connectivity index (χ3n) is 5.12.